The zero-order valence-electron chi connectivity index (χ0n) is 16.3. The SMILES string of the molecule is C/C=C/[C@H](O[Si](C)(C)C(C)(C)C)[C@H](CO)N[C@H](C)c1ccccc1. The lowest BCUT2D eigenvalue weighted by Gasteiger charge is -2.41. The summed E-state index contributed by atoms with van der Waals surface area (Å²) in [5.74, 6) is 0. The van der Waals surface area contributed by atoms with E-state index < -0.39 is 8.32 Å². The van der Waals surface area contributed by atoms with Crippen molar-refractivity contribution in [2.45, 2.75) is 70.9 Å². The van der Waals surface area contributed by atoms with Crippen molar-refractivity contribution >= 4 is 8.32 Å². The van der Waals surface area contributed by atoms with Gasteiger partial charge in [0.1, 0.15) is 0 Å². The molecule has 0 heterocycles. The normalized spacial score (nSPS) is 17.0. The topological polar surface area (TPSA) is 41.5 Å². The molecule has 0 fully saturated rings. The summed E-state index contributed by atoms with van der Waals surface area (Å²) in [6.45, 7) is 15.4. The maximum atomic E-state index is 9.96. The Bertz CT molecular complexity index is 508. The minimum absolute atomic E-state index is 0.0425. The van der Waals surface area contributed by atoms with Crippen LogP contribution in [0.1, 0.15) is 46.2 Å². The second-order valence-corrected chi connectivity index (χ2v) is 12.7. The van der Waals surface area contributed by atoms with Crippen molar-refractivity contribution in [1.82, 2.24) is 5.32 Å². The van der Waals surface area contributed by atoms with E-state index in [0.29, 0.717) is 0 Å². The smallest absolute Gasteiger partial charge is 0.192 e. The predicted octanol–water partition coefficient (Wildman–Crippen LogP) is 4.66. The molecule has 1 aromatic carbocycles. The third kappa shape index (κ3) is 5.85. The maximum absolute atomic E-state index is 9.96. The highest BCUT2D eigenvalue weighted by Gasteiger charge is 2.40. The van der Waals surface area contributed by atoms with Crippen molar-refractivity contribution in [2.75, 3.05) is 6.61 Å². The van der Waals surface area contributed by atoms with Crippen LogP contribution >= 0.6 is 0 Å². The van der Waals surface area contributed by atoms with Crippen LogP contribution in [-0.4, -0.2) is 32.2 Å². The largest absolute Gasteiger partial charge is 0.409 e. The molecule has 1 rings (SSSR count). The van der Waals surface area contributed by atoms with E-state index in [-0.39, 0.29) is 29.8 Å². The van der Waals surface area contributed by atoms with Crippen LogP contribution in [0.2, 0.25) is 18.1 Å². The summed E-state index contributed by atoms with van der Waals surface area (Å²) in [5, 5.41) is 13.6. The van der Waals surface area contributed by atoms with Crippen molar-refractivity contribution in [2.24, 2.45) is 0 Å². The van der Waals surface area contributed by atoms with Gasteiger partial charge in [0.2, 0.25) is 0 Å². The van der Waals surface area contributed by atoms with E-state index in [4.69, 9.17) is 4.43 Å². The van der Waals surface area contributed by atoms with E-state index in [1.165, 1.54) is 5.56 Å². The van der Waals surface area contributed by atoms with E-state index in [0.717, 1.165) is 0 Å². The Hall–Kier alpha value is -0.943. The summed E-state index contributed by atoms with van der Waals surface area (Å²) in [6, 6.07) is 10.3. The third-order valence-electron chi connectivity index (χ3n) is 4.98. The lowest BCUT2D eigenvalue weighted by molar-refractivity contribution is 0.122. The van der Waals surface area contributed by atoms with Gasteiger partial charge in [-0.15, -0.1) is 0 Å². The average Bonchev–Trinajstić information content (AvgIpc) is 2.51. The molecule has 24 heavy (non-hydrogen) atoms. The van der Waals surface area contributed by atoms with Crippen LogP contribution in [0.25, 0.3) is 0 Å². The van der Waals surface area contributed by atoms with E-state index in [2.05, 4.69) is 64.3 Å². The van der Waals surface area contributed by atoms with Crippen molar-refractivity contribution in [1.29, 1.82) is 0 Å². The summed E-state index contributed by atoms with van der Waals surface area (Å²) in [6.07, 6.45) is 3.94. The van der Waals surface area contributed by atoms with Crippen LogP contribution in [-0.2, 0) is 4.43 Å². The number of nitrogens with one attached hydrogen (secondary N) is 1. The molecule has 0 spiro atoms. The van der Waals surface area contributed by atoms with Crippen molar-refractivity contribution in [3.63, 3.8) is 0 Å². The molecular formula is C20H35NO2Si. The molecule has 0 saturated carbocycles. The number of allylic oxidation sites excluding steroid dienone is 1. The summed E-state index contributed by atoms with van der Waals surface area (Å²) < 4.78 is 6.56. The molecule has 0 aliphatic heterocycles. The number of aliphatic hydroxyl groups excluding tert-OH is 1. The van der Waals surface area contributed by atoms with Gasteiger partial charge in [-0.25, -0.2) is 0 Å². The third-order valence-corrected chi connectivity index (χ3v) is 9.45. The van der Waals surface area contributed by atoms with Gasteiger partial charge < -0.3 is 14.8 Å². The van der Waals surface area contributed by atoms with Gasteiger partial charge in [-0.1, -0.05) is 63.3 Å². The molecule has 3 nitrogen and oxygen atoms in total. The first-order valence-electron chi connectivity index (χ1n) is 8.85. The lowest BCUT2D eigenvalue weighted by atomic mass is 10.1. The number of aliphatic hydroxyl groups is 1. The molecular weight excluding hydrogens is 314 g/mol. The van der Waals surface area contributed by atoms with Crippen molar-refractivity contribution < 1.29 is 9.53 Å². The van der Waals surface area contributed by atoms with Gasteiger partial charge >= 0.3 is 0 Å². The van der Waals surface area contributed by atoms with E-state index >= 15 is 0 Å². The van der Waals surface area contributed by atoms with E-state index in [1.807, 2.05) is 31.2 Å². The highest BCUT2D eigenvalue weighted by atomic mass is 28.4. The van der Waals surface area contributed by atoms with Gasteiger partial charge in [0.05, 0.1) is 18.8 Å². The van der Waals surface area contributed by atoms with Crippen LogP contribution in [0.3, 0.4) is 0 Å². The van der Waals surface area contributed by atoms with Crippen LogP contribution in [0.15, 0.2) is 42.5 Å². The number of benzene rings is 1. The van der Waals surface area contributed by atoms with Crippen molar-refractivity contribution in [3.05, 3.63) is 48.0 Å². The van der Waals surface area contributed by atoms with Crippen LogP contribution in [0.5, 0.6) is 0 Å². The molecule has 3 atom stereocenters. The van der Waals surface area contributed by atoms with E-state index in [9.17, 15) is 5.11 Å². The number of rotatable bonds is 8. The molecule has 0 aliphatic carbocycles. The molecule has 4 heteroatoms. The second kappa shape index (κ2) is 8.95. The Balaban J connectivity index is 2.91. The first-order valence-corrected chi connectivity index (χ1v) is 11.8. The molecule has 2 N–H and O–H groups in total. The number of hydrogen-bond donors (Lipinski definition) is 2. The summed E-state index contributed by atoms with van der Waals surface area (Å²) >= 11 is 0. The summed E-state index contributed by atoms with van der Waals surface area (Å²) in [7, 11) is -1.92. The van der Waals surface area contributed by atoms with E-state index in [1.54, 1.807) is 0 Å². The van der Waals surface area contributed by atoms with Gasteiger partial charge in [0.15, 0.2) is 8.32 Å². The van der Waals surface area contributed by atoms with Gasteiger partial charge in [-0.3, -0.25) is 0 Å². The lowest BCUT2D eigenvalue weighted by Crippen LogP contribution is -2.51. The molecule has 0 saturated heterocycles. The average molecular weight is 350 g/mol. The number of hydrogen-bond acceptors (Lipinski definition) is 3. The van der Waals surface area contributed by atoms with Crippen molar-refractivity contribution in [3.8, 4) is 0 Å². The molecule has 0 unspecified atom stereocenters. The zero-order valence-corrected chi connectivity index (χ0v) is 17.3. The highest BCUT2D eigenvalue weighted by molar-refractivity contribution is 6.74. The minimum atomic E-state index is -1.92. The van der Waals surface area contributed by atoms with Crippen LogP contribution in [0.4, 0.5) is 0 Å². The molecule has 0 radical (unpaired) electrons. The fraction of sp³-hybridized carbons (Fsp3) is 0.600. The zero-order chi connectivity index (χ0) is 18.4. The minimum Gasteiger partial charge on any atom is -0.409 e. The Morgan fingerprint density at radius 1 is 1.21 bits per heavy atom. The van der Waals surface area contributed by atoms with Gasteiger partial charge in [0, 0.05) is 6.04 Å². The molecule has 1 aromatic rings. The summed E-state index contributed by atoms with van der Waals surface area (Å²) in [4.78, 5) is 0. The Kier molecular flexibility index (Phi) is 7.87. The first-order chi connectivity index (χ1) is 11.1. The Morgan fingerprint density at radius 2 is 1.79 bits per heavy atom. The molecule has 0 aromatic heterocycles. The van der Waals surface area contributed by atoms with Crippen LogP contribution in [0, 0.1) is 0 Å². The molecule has 0 bridgehead atoms. The quantitative estimate of drug-likeness (QED) is 0.529. The standard InChI is InChI=1S/C20H35NO2Si/c1-8-12-19(23-24(6,7)20(3,4)5)18(15-22)21-16(2)17-13-10-9-11-14-17/h8-14,16,18-19,21-22H,15H2,1-7H3/b12-8+/t16-,18+,19+/m1/s1. The second-order valence-electron chi connectivity index (χ2n) is 7.96. The summed E-state index contributed by atoms with van der Waals surface area (Å²) in [5.41, 5.74) is 1.21. The maximum Gasteiger partial charge on any atom is 0.192 e. The fourth-order valence-electron chi connectivity index (χ4n) is 2.37. The Morgan fingerprint density at radius 3 is 2.25 bits per heavy atom. The molecule has 0 amide bonds. The van der Waals surface area contributed by atoms with Gasteiger partial charge in [-0.2, -0.15) is 0 Å². The highest BCUT2D eigenvalue weighted by Crippen LogP contribution is 2.37. The van der Waals surface area contributed by atoms with Crippen LogP contribution < -0.4 is 5.32 Å². The predicted molar refractivity (Wildman–Crippen MR) is 106 cm³/mol. The first kappa shape index (κ1) is 21.1. The molecule has 136 valence electrons. The monoisotopic (exact) mass is 349 g/mol. The van der Waals surface area contributed by atoms with Gasteiger partial charge in [-0.05, 0) is 37.5 Å². The van der Waals surface area contributed by atoms with Gasteiger partial charge in [0.25, 0.3) is 0 Å². The fourth-order valence-corrected chi connectivity index (χ4v) is 3.65. The Labute approximate surface area is 149 Å². The molecule has 0 aliphatic rings.